The second-order valence-electron chi connectivity index (χ2n) is 3.16. The van der Waals surface area contributed by atoms with Gasteiger partial charge in [-0.05, 0) is 13.3 Å². The highest BCUT2D eigenvalue weighted by atomic mass is 16.2. The minimum atomic E-state index is 0.0168. The summed E-state index contributed by atoms with van der Waals surface area (Å²) in [5.74, 6) is 0.0168. The van der Waals surface area contributed by atoms with E-state index in [1.165, 1.54) is 0 Å². The van der Waals surface area contributed by atoms with Crippen LogP contribution in [0.1, 0.15) is 30.6 Å². The van der Waals surface area contributed by atoms with E-state index in [2.05, 4.69) is 17.1 Å². The van der Waals surface area contributed by atoms with Crippen LogP contribution in [0.5, 0.6) is 0 Å². The van der Waals surface area contributed by atoms with Gasteiger partial charge in [-0.2, -0.15) is 5.10 Å². The summed E-state index contributed by atoms with van der Waals surface area (Å²) in [5, 5.41) is 6.36. The summed E-state index contributed by atoms with van der Waals surface area (Å²) in [5.41, 5.74) is 0.614. The lowest BCUT2D eigenvalue weighted by Crippen LogP contribution is -2.34. The van der Waals surface area contributed by atoms with Crippen LogP contribution in [0, 0.1) is 0 Å². The number of nitrogens with zero attached hydrogens (tertiary/aromatic N) is 2. The van der Waals surface area contributed by atoms with Gasteiger partial charge in [0, 0.05) is 19.3 Å². The number of rotatable bonds is 3. The van der Waals surface area contributed by atoms with Gasteiger partial charge in [0.25, 0.3) is 5.91 Å². The lowest BCUT2D eigenvalue weighted by Gasteiger charge is -2.22. The number of aromatic nitrogens is 2. The first kappa shape index (κ1) is 9.77. The molecule has 0 saturated heterocycles. The molecule has 0 aliphatic carbocycles. The van der Waals surface area contributed by atoms with Crippen molar-refractivity contribution in [3.63, 3.8) is 0 Å². The molecule has 1 aromatic rings. The predicted octanol–water partition coefficient (Wildman–Crippen LogP) is 1.28. The van der Waals surface area contributed by atoms with Crippen molar-refractivity contribution in [2.45, 2.75) is 26.3 Å². The van der Waals surface area contributed by atoms with E-state index in [0.717, 1.165) is 6.42 Å². The molecule has 4 nitrogen and oxygen atoms in total. The first-order valence-corrected chi connectivity index (χ1v) is 4.42. The third-order valence-corrected chi connectivity index (χ3v) is 2.32. The van der Waals surface area contributed by atoms with Gasteiger partial charge in [-0.25, -0.2) is 0 Å². The van der Waals surface area contributed by atoms with Gasteiger partial charge in [0.05, 0.1) is 11.8 Å². The summed E-state index contributed by atoms with van der Waals surface area (Å²) in [7, 11) is 1.81. The summed E-state index contributed by atoms with van der Waals surface area (Å²) >= 11 is 0. The molecule has 0 spiro atoms. The van der Waals surface area contributed by atoms with Gasteiger partial charge in [-0.3, -0.25) is 9.89 Å². The van der Waals surface area contributed by atoms with Crippen LogP contribution in [0.2, 0.25) is 0 Å². The van der Waals surface area contributed by atoms with Crippen molar-refractivity contribution in [1.82, 2.24) is 15.1 Å². The molecule has 1 N–H and O–H groups in total. The zero-order chi connectivity index (χ0) is 9.84. The Hall–Kier alpha value is -1.32. The fourth-order valence-corrected chi connectivity index (χ4v) is 1.05. The molecule has 1 rings (SSSR count). The molecule has 0 saturated carbocycles. The Morgan fingerprint density at radius 3 is 2.92 bits per heavy atom. The average molecular weight is 181 g/mol. The molecule has 1 heterocycles. The minimum absolute atomic E-state index is 0.0168. The van der Waals surface area contributed by atoms with Crippen LogP contribution in [0.3, 0.4) is 0 Å². The molecular weight excluding hydrogens is 166 g/mol. The second-order valence-corrected chi connectivity index (χ2v) is 3.16. The van der Waals surface area contributed by atoms with E-state index in [4.69, 9.17) is 0 Å². The van der Waals surface area contributed by atoms with Crippen LogP contribution in [0.4, 0.5) is 0 Å². The Labute approximate surface area is 77.9 Å². The fraction of sp³-hybridized carbons (Fsp3) is 0.556. The molecule has 72 valence electrons. The SMILES string of the molecule is CCC(C)N(C)C(=O)c1cn[nH]c1. The quantitative estimate of drug-likeness (QED) is 0.763. The first-order valence-electron chi connectivity index (χ1n) is 4.42. The molecule has 0 radical (unpaired) electrons. The lowest BCUT2D eigenvalue weighted by atomic mass is 10.2. The van der Waals surface area contributed by atoms with Crippen molar-refractivity contribution in [2.24, 2.45) is 0 Å². The van der Waals surface area contributed by atoms with E-state index in [9.17, 15) is 4.79 Å². The number of nitrogens with one attached hydrogen (secondary N) is 1. The number of carbonyl (C=O) groups excluding carboxylic acids is 1. The smallest absolute Gasteiger partial charge is 0.257 e. The number of hydrogen-bond acceptors (Lipinski definition) is 2. The third-order valence-electron chi connectivity index (χ3n) is 2.32. The third kappa shape index (κ3) is 2.08. The number of H-pyrrole nitrogens is 1. The average Bonchev–Trinajstić information content (AvgIpc) is 2.67. The van der Waals surface area contributed by atoms with Gasteiger partial charge in [-0.15, -0.1) is 0 Å². The molecule has 13 heavy (non-hydrogen) atoms. The van der Waals surface area contributed by atoms with Crippen LogP contribution < -0.4 is 0 Å². The highest BCUT2D eigenvalue weighted by molar-refractivity contribution is 5.93. The van der Waals surface area contributed by atoms with E-state index in [1.54, 1.807) is 17.3 Å². The summed E-state index contributed by atoms with van der Waals surface area (Å²) in [6, 6.07) is 0.266. The van der Waals surface area contributed by atoms with Crippen LogP contribution >= 0.6 is 0 Å². The maximum atomic E-state index is 11.7. The molecule has 1 atom stereocenters. The van der Waals surface area contributed by atoms with Crippen LogP contribution in [-0.4, -0.2) is 34.1 Å². The zero-order valence-electron chi connectivity index (χ0n) is 8.24. The molecule has 0 aromatic carbocycles. The number of carbonyl (C=O) groups is 1. The van der Waals surface area contributed by atoms with E-state index < -0.39 is 0 Å². The number of aromatic amines is 1. The van der Waals surface area contributed by atoms with Gasteiger partial charge in [0.1, 0.15) is 0 Å². The standard InChI is InChI=1S/C9H15N3O/c1-4-7(2)12(3)9(13)8-5-10-11-6-8/h5-7H,4H2,1-3H3,(H,10,11). The normalized spacial score (nSPS) is 12.5. The molecule has 0 fully saturated rings. The van der Waals surface area contributed by atoms with Gasteiger partial charge in [0.2, 0.25) is 0 Å². The fourth-order valence-electron chi connectivity index (χ4n) is 1.05. The Balaban J connectivity index is 2.68. The van der Waals surface area contributed by atoms with Crippen molar-refractivity contribution < 1.29 is 4.79 Å². The molecule has 1 aromatic heterocycles. The summed E-state index contributed by atoms with van der Waals surface area (Å²) in [6.07, 6.45) is 4.11. The Morgan fingerprint density at radius 1 is 1.77 bits per heavy atom. The molecule has 1 amide bonds. The van der Waals surface area contributed by atoms with Crippen molar-refractivity contribution >= 4 is 5.91 Å². The van der Waals surface area contributed by atoms with Crippen molar-refractivity contribution in [3.8, 4) is 0 Å². The van der Waals surface area contributed by atoms with Crippen molar-refractivity contribution in [1.29, 1.82) is 0 Å². The summed E-state index contributed by atoms with van der Waals surface area (Å²) in [4.78, 5) is 13.4. The monoisotopic (exact) mass is 181 g/mol. The molecule has 4 heteroatoms. The van der Waals surface area contributed by atoms with E-state index in [0.29, 0.717) is 5.56 Å². The number of hydrogen-bond donors (Lipinski definition) is 1. The molecule has 0 aliphatic heterocycles. The topological polar surface area (TPSA) is 49.0 Å². The van der Waals surface area contributed by atoms with E-state index in [-0.39, 0.29) is 11.9 Å². The van der Waals surface area contributed by atoms with Crippen LogP contribution in [0.25, 0.3) is 0 Å². The van der Waals surface area contributed by atoms with Crippen LogP contribution in [-0.2, 0) is 0 Å². The van der Waals surface area contributed by atoms with Gasteiger partial charge in [-0.1, -0.05) is 6.92 Å². The molecule has 0 bridgehead atoms. The van der Waals surface area contributed by atoms with Crippen molar-refractivity contribution in [3.05, 3.63) is 18.0 Å². The highest BCUT2D eigenvalue weighted by Crippen LogP contribution is 2.06. The van der Waals surface area contributed by atoms with Gasteiger partial charge >= 0.3 is 0 Å². The highest BCUT2D eigenvalue weighted by Gasteiger charge is 2.16. The summed E-state index contributed by atoms with van der Waals surface area (Å²) in [6.45, 7) is 4.09. The molecular formula is C9H15N3O. The Kier molecular flexibility index (Phi) is 3.06. The predicted molar refractivity (Wildman–Crippen MR) is 50.4 cm³/mol. The van der Waals surface area contributed by atoms with E-state index in [1.807, 2.05) is 14.0 Å². The van der Waals surface area contributed by atoms with Gasteiger partial charge in [0.15, 0.2) is 0 Å². The Bertz CT molecular complexity index is 268. The zero-order valence-corrected chi connectivity index (χ0v) is 8.24. The second kappa shape index (κ2) is 4.07. The Morgan fingerprint density at radius 2 is 2.46 bits per heavy atom. The number of amides is 1. The molecule has 1 unspecified atom stereocenters. The maximum Gasteiger partial charge on any atom is 0.257 e. The summed E-state index contributed by atoms with van der Waals surface area (Å²) < 4.78 is 0. The van der Waals surface area contributed by atoms with E-state index >= 15 is 0 Å². The largest absolute Gasteiger partial charge is 0.339 e. The minimum Gasteiger partial charge on any atom is -0.339 e. The maximum absolute atomic E-state index is 11.7. The van der Waals surface area contributed by atoms with Crippen molar-refractivity contribution in [2.75, 3.05) is 7.05 Å². The molecule has 0 aliphatic rings. The van der Waals surface area contributed by atoms with Crippen LogP contribution in [0.15, 0.2) is 12.4 Å². The van der Waals surface area contributed by atoms with Gasteiger partial charge < -0.3 is 4.90 Å². The lowest BCUT2D eigenvalue weighted by molar-refractivity contribution is 0.0740. The first-order chi connectivity index (χ1) is 6.16.